The van der Waals surface area contributed by atoms with Crippen LogP contribution in [0.25, 0.3) is 0 Å². The summed E-state index contributed by atoms with van der Waals surface area (Å²) in [5.41, 5.74) is -2.17. The number of nitrogens with one attached hydrogen (secondary N) is 1. The molecule has 0 saturated heterocycles. The van der Waals surface area contributed by atoms with Gasteiger partial charge >= 0.3 is 18.0 Å². The summed E-state index contributed by atoms with van der Waals surface area (Å²) >= 11 is 0. The molecule has 2 aromatic rings. The van der Waals surface area contributed by atoms with Gasteiger partial charge in [0.05, 0.1) is 23.1 Å². The van der Waals surface area contributed by atoms with Crippen molar-refractivity contribution in [3.05, 3.63) is 61.9 Å². The average molecular weight is 403 g/mol. The molecule has 1 aromatic carbocycles. The standard InChI is InChI=1S/C15H12F3N3O7/c1-8(27-14(22)12-4-5-13(28-12)21(25)26)7-19-10-3-2-9(15(16,17)18)6-11(10)20(23)24/h2-6,8,19H,7H2,1H3. The van der Waals surface area contributed by atoms with Crippen LogP contribution < -0.4 is 5.32 Å². The van der Waals surface area contributed by atoms with Gasteiger partial charge in [0, 0.05) is 6.07 Å². The third-order valence-electron chi connectivity index (χ3n) is 3.38. The number of ether oxygens (including phenoxy) is 1. The Kier molecular flexibility index (Phi) is 5.86. The molecule has 1 atom stereocenters. The van der Waals surface area contributed by atoms with E-state index in [1.165, 1.54) is 6.92 Å². The minimum atomic E-state index is -4.74. The third-order valence-corrected chi connectivity index (χ3v) is 3.38. The summed E-state index contributed by atoms with van der Waals surface area (Å²) in [6.07, 6.45) is -5.63. The Morgan fingerprint density at radius 3 is 2.43 bits per heavy atom. The molecule has 1 N–H and O–H groups in total. The third kappa shape index (κ3) is 4.96. The number of nitrogens with zero attached hydrogens (tertiary/aromatic N) is 2. The summed E-state index contributed by atoms with van der Waals surface area (Å²) in [6.45, 7) is 1.22. The number of halogens is 3. The second-order valence-electron chi connectivity index (χ2n) is 5.48. The number of anilines is 1. The van der Waals surface area contributed by atoms with E-state index in [1.54, 1.807) is 0 Å². The maximum atomic E-state index is 12.7. The van der Waals surface area contributed by atoms with Crippen molar-refractivity contribution >= 4 is 23.2 Å². The molecular weight excluding hydrogens is 391 g/mol. The topological polar surface area (TPSA) is 138 Å². The molecule has 1 aromatic heterocycles. The van der Waals surface area contributed by atoms with E-state index in [2.05, 4.69) is 9.73 Å². The van der Waals surface area contributed by atoms with Crippen LogP contribution in [0.1, 0.15) is 23.0 Å². The van der Waals surface area contributed by atoms with E-state index in [-0.39, 0.29) is 12.2 Å². The van der Waals surface area contributed by atoms with Gasteiger partial charge in [0.1, 0.15) is 16.7 Å². The van der Waals surface area contributed by atoms with E-state index in [9.17, 15) is 38.2 Å². The van der Waals surface area contributed by atoms with E-state index in [0.29, 0.717) is 12.1 Å². The number of hydrogen-bond donors (Lipinski definition) is 1. The van der Waals surface area contributed by atoms with Crippen molar-refractivity contribution in [2.75, 3.05) is 11.9 Å². The lowest BCUT2D eigenvalue weighted by molar-refractivity contribution is -0.402. The highest BCUT2D eigenvalue weighted by atomic mass is 19.4. The Balaban J connectivity index is 2.03. The number of alkyl halides is 3. The highest BCUT2D eigenvalue weighted by molar-refractivity contribution is 5.86. The molecule has 0 radical (unpaired) electrons. The molecule has 0 aliphatic heterocycles. The van der Waals surface area contributed by atoms with Crippen molar-refractivity contribution < 1.29 is 37.0 Å². The van der Waals surface area contributed by atoms with Gasteiger partial charge in [-0.2, -0.15) is 13.2 Å². The second-order valence-corrected chi connectivity index (χ2v) is 5.48. The van der Waals surface area contributed by atoms with Crippen molar-refractivity contribution in [3.8, 4) is 0 Å². The molecule has 1 heterocycles. The van der Waals surface area contributed by atoms with E-state index >= 15 is 0 Å². The Labute approximate surface area is 154 Å². The molecular formula is C15H12F3N3O7. The zero-order chi connectivity index (χ0) is 21.1. The molecule has 13 heteroatoms. The molecule has 150 valence electrons. The van der Waals surface area contributed by atoms with Crippen LogP contribution in [0.15, 0.2) is 34.7 Å². The first-order valence-electron chi connectivity index (χ1n) is 7.53. The monoisotopic (exact) mass is 403 g/mol. The second kappa shape index (κ2) is 7.94. The quantitative estimate of drug-likeness (QED) is 0.419. The Morgan fingerprint density at radius 2 is 1.89 bits per heavy atom. The first-order chi connectivity index (χ1) is 13.0. The Hall–Kier alpha value is -3.64. The molecule has 10 nitrogen and oxygen atoms in total. The van der Waals surface area contributed by atoms with Gasteiger partial charge in [0.2, 0.25) is 5.76 Å². The van der Waals surface area contributed by atoms with Crippen molar-refractivity contribution in [2.45, 2.75) is 19.2 Å². The number of carbonyl (C=O) groups excluding carboxylic acids is 1. The number of rotatable bonds is 7. The lowest BCUT2D eigenvalue weighted by atomic mass is 10.1. The number of nitro groups is 2. The predicted molar refractivity (Wildman–Crippen MR) is 86.8 cm³/mol. The molecule has 2 rings (SSSR count). The van der Waals surface area contributed by atoms with Gasteiger partial charge in [-0.15, -0.1) is 0 Å². The largest absolute Gasteiger partial charge is 0.455 e. The van der Waals surface area contributed by atoms with Crippen LogP contribution in [0, 0.1) is 20.2 Å². The zero-order valence-electron chi connectivity index (χ0n) is 14.1. The van der Waals surface area contributed by atoms with Gasteiger partial charge in [0.25, 0.3) is 5.69 Å². The lowest BCUT2D eigenvalue weighted by Gasteiger charge is -2.15. The van der Waals surface area contributed by atoms with E-state index in [4.69, 9.17) is 4.74 Å². The maximum Gasteiger partial charge on any atom is 0.433 e. The van der Waals surface area contributed by atoms with E-state index < -0.39 is 51.0 Å². The summed E-state index contributed by atoms with van der Waals surface area (Å²) < 4.78 is 47.7. The minimum absolute atomic E-state index is 0.180. The van der Waals surface area contributed by atoms with Crippen molar-refractivity contribution in [2.24, 2.45) is 0 Å². The van der Waals surface area contributed by atoms with Crippen LogP contribution in [0.5, 0.6) is 0 Å². The van der Waals surface area contributed by atoms with Crippen LogP contribution in [0.2, 0.25) is 0 Å². The first-order valence-corrected chi connectivity index (χ1v) is 7.53. The number of hydrogen-bond acceptors (Lipinski definition) is 8. The molecule has 0 aliphatic carbocycles. The fourth-order valence-corrected chi connectivity index (χ4v) is 2.08. The molecule has 0 aliphatic rings. The van der Waals surface area contributed by atoms with Gasteiger partial charge in [-0.1, -0.05) is 0 Å². The first kappa shape index (κ1) is 20.7. The van der Waals surface area contributed by atoms with Crippen LogP contribution in [0.4, 0.5) is 30.4 Å². The molecule has 0 fully saturated rings. The smallest absolute Gasteiger partial charge is 0.433 e. The van der Waals surface area contributed by atoms with Crippen LogP contribution >= 0.6 is 0 Å². The van der Waals surface area contributed by atoms with Gasteiger partial charge in [0.15, 0.2) is 0 Å². The van der Waals surface area contributed by atoms with Gasteiger partial charge in [-0.05, 0) is 25.1 Å². The molecule has 28 heavy (non-hydrogen) atoms. The van der Waals surface area contributed by atoms with Gasteiger partial charge < -0.3 is 14.5 Å². The van der Waals surface area contributed by atoms with Gasteiger partial charge in [-0.25, -0.2) is 4.79 Å². The molecule has 0 saturated carbocycles. The lowest BCUT2D eigenvalue weighted by Crippen LogP contribution is -2.23. The number of esters is 1. The van der Waals surface area contributed by atoms with Crippen molar-refractivity contribution in [1.29, 1.82) is 0 Å². The Morgan fingerprint density at radius 1 is 1.21 bits per heavy atom. The fourth-order valence-electron chi connectivity index (χ4n) is 2.08. The fraction of sp³-hybridized carbons (Fsp3) is 0.267. The van der Waals surface area contributed by atoms with E-state index in [1.807, 2.05) is 0 Å². The molecule has 0 spiro atoms. The number of benzene rings is 1. The normalized spacial score (nSPS) is 12.3. The number of carbonyl (C=O) groups is 1. The Bertz CT molecular complexity index is 911. The SMILES string of the molecule is CC(CNc1ccc(C(F)(F)F)cc1[N+](=O)[O-])OC(=O)c1ccc([N+](=O)[O-])o1. The average Bonchev–Trinajstić information content (AvgIpc) is 3.09. The van der Waals surface area contributed by atoms with Crippen LogP contribution in [-0.4, -0.2) is 28.5 Å². The maximum absolute atomic E-state index is 12.7. The van der Waals surface area contributed by atoms with Crippen LogP contribution in [-0.2, 0) is 10.9 Å². The van der Waals surface area contributed by atoms with Crippen molar-refractivity contribution in [3.63, 3.8) is 0 Å². The molecule has 0 amide bonds. The minimum Gasteiger partial charge on any atom is -0.455 e. The molecule has 1 unspecified atom stereocenters. The van der Waals surface area contributed by atoms with E-state index in [0.717, 1.165) is 18.2 Å². The predicted octanol–water partition coefficient (Wildman–Crippen LogP) is 3.77. The van der Waals surface area contributed by atoms with Gasteiger partial charge in [-0.3, -0.25) is 20.2 Å². The zero-order valence-corrected chi connectivity index (χ0v) is 14.1. The summed E-state index contributed by atoms with van der Waals surface area (Å²) in [5.74, 6) is -2.08. The summed E-state index contributed by atoms with van der Waals surface area (Å²) in [5, 5.41) is 24.1. The summed E-state index contributed by atoms with van der Waals surface area (Å²) in [4.78, 5) is 31.5. The highest BCUT2D eigenvalue weighted by Crippen LogP contribution is 2.35. The molecule has 0 bridgehead atoms. The summed E-state index contributed by atoms with van der Waals surface area (Å²) in [7, 11) is 0. The number of furan rings is 1. The summed E-state index contributed by atoms with van der Waals surface area (Å²) in [6, 6.07) is 3.97. The van der Waals surface area contributed by atoms with Crippen molar-refractivity contribution in [1.82, 2.24) is 0 Å². The van der Waals surface area contributed by atoms with Crippen LogP contribution in [0.3, 0.4) is 0 Å². The highest BCUT2D eigenvalue weighted by Gasteiger charge is 2.33. The number of nitro benzene ring substituents is 1.